The third-order valence-electron chi connectivity index (χ3n) is 3.37. The average molecular weight is 308 g/mol. The molecule has 0 atom stereocenters. The first-order valence-electron chi connectivity index (χ1n) is 7.91. The predicted octanol–water partition coefficient (Wildman–Crippen LogP) is 4.20. The van der Waals surface area contributed by atoms with Crippen molar-refractivity contribution >= 4 is 19.9 Å². The zero-order valence-electron chi connectivity index (χ0n) is 13.6. The molecule has 0 unspecified atom stereocenters. The highest BCUT2D eigenvalue weighted by Gasteiger charge is 2.15. The van der Waals surface area contributed by atoms with Crippen LogP contribution in [-0.4, -0.2) is 26.5 Å². The fourth-order valence-corrected chi connectivity index (χ4v) is 2.72. The van der Waals surface area contributed by atoms with E-state index in [2.05, 4.69) is 31.8 Å². The van der Waals surface area contributed by atoms with Crippen molar-refractivity contribution in [3.05, 3.63) is 23.8 Å². The minimum absolute atomic E-state index is 0.211. The largest absolute Gasteiger partial charge is 0.410 e. The monoisotopic (exact) mass is 308 g/mol. The zero-order valence-corrected chi connectivity index (χ0v) is 14.6. The second kappa shape index (κ2) is 9.10. The van der Waals surface area contributed by atoms with Crippen molar-refractivity contribution in [3.8, 4) is 0 Å². The number of allylic oxidation sites excluding steroid dienone is 4. The van der Waals surface area contributed by atoms with E-state index >= 15 is 0 Å². The third-order valence-corrected chi connectivity index (χ3v) is 4.38. The van der Waals surface area contributed by atoms with E-state index in [0.717, 1.165) is 37.7 Å². The van der Waals surface area contributed by atoms with Gasteiger partial charge in [0.1, 0.15) is 0 Å². The smallest absolute Gasteiger partial charge is 0.184 e. The Morgan fingerprint density at radius 1 is 1.29 bits per heavy atom. The molecule has 0 N–H and O–H groups in total. The first-order valence-corrected chi connectivity index (χ1v) is 11.3. The molecule has 0 saturated carbocycles. The highest BCUT2D eigenvalue weighted by atomic mass is 28.4. The van der Waals surface area contributed by atoms with E-state index in [0.29, 0.717) is 18.6 Å². The van der Waals surface area contributed by atoms with Crippen LogP contribution in [0.1, 0.15) is 44.9 Å². The lowest BCUT2D eigenvalue weighted by molar-refractivity contribution is -0.121. The van der Waals surface area contributed by atoms with Crippen LogP contribution in [-0.2, 0) is 14.0 Å². The van der Waals surface area contributed by atoms with Gasteiger partial charge in [-0.25, -0.2) is 0 Å². The fourth-order valence-electron chi connectivity index (χ4n) is 2.13. The number of carbonyl (C=O) groups is 2. The first-order chi connectivity index (χ1) is 9.88. The Hall–Kier alpha value is -1.00. The van der Waals surface area contributed by atoms with Crippen LogP contribution in [0.2, 0.25) is 19.6 Å². The molecule has 0 radical (unpaired) electrons. The lowest BCUT2D eigenvalue weighted by Gasteiger charge is -2.16. The van der Waals surface area contributed by atoms with Gasteiger partial charge in [-0.15, -0.1) is 0 Å². The van der Waals surface area contributed by atoms with E-state index in [1.54, 1.807) is 0 Å². The van der Waals surface area contributed by atoms with Crippen molar-refractivity contribution in [1.29, 1.82) is 0 Å². The quantitative estimate of drug-likeness (QED) is 0.345. The summed E-state index contributed by atoms with van der Waals surface area (Å²) in [4.78, 5) is 23.0. The molecule has 0 amide bonds. The number of rotatable bonds is 10. The topological polar surface area (TPSA) is 43.4 Å². The van der Waals surface area contributed by atoms with Gasteiger partial charge in [0.25, 0.3) is 0 Å². The molecule has 118 valence electrons. The summed E-state index contributed by atoms with van der Waals surface area (Å²) in [5, 5.41) is 0. The highest BCUT2D eigenvalue weighted by molar-refractivity contribution is 6.69. The predicted molar refractivity (Wildman–Crippen MR) is 88.9 cm³/mol. The van der Waals surface area contributed by atoms with Crippen LogP contribution in [0.4, 0.5) is 0 Å². The van der Waals surface area contributed by atoms with Crippen LogP contribution in [0.25, 0.3) is 0 Å². The average Bonchev–Trinajstić information content (AvgIpc) is 2.80. The molecular weight excluding hydrogens is 280 g/mol. The lowest BCUT2D eigenvalue weighted by Crippen LogP contribution is -2.28. The van der Waals surface area contributed by atoms with E-state index in [1.807, 2.05) is 6.08 Å². The van der Waals surface area contributed by atoms with Crippen molar-refractivity contribution in [3.63, 3.8) is 0 Å². The Morgan fingerprint density at radius 3 is 2.67 bits per heavy atom. The van der Waals surface area contributed by atoms with Crippen LogP contribution in [0.5, 0.6) is 0 Å². The maximum Gasteiger partial charge on any atom is 0.184 e. The Labute approximate surface area is 129 Å². The molecule has 1 rings (SSSR count). The molecule has 1 aliphatic rings. The van der Waals surface area contributed by atoms with E-state index in [-0.39, 0.29) is 12.4 Å². The van der Waals surface area contributed by atoms with E-state index in [1.165, 1.54) is 0 Å². The molecule has 4 heteroatoms. The second-order valence-electron chi connectivity index (χ2n) is 6.55. The first kappa shape index (κ1) is 18.0. The van der Waals surface area contributed by atoms with Crippen molar-refractivity contribution in [1.82, 2.24) is 0 Å². The zero-order chi connectivity index (χ0) is 15.7. The summed E-state index contributed by atoms with van der Waals surface area (Å²) in [5.41, 5.74) is 0.963. The van der Waals surface area contributed by atoms with Gasteiger partial charge in [0.15, 0.2) is 19.9 Å². The normalized spacial score (nSPS) is 15.8. The molecule has 0 aliphatic heterocycles. The van der Waals surface area contributed by atoms with Crippen molar-refractivity contribution in [2.45, 2.75) is 64.6 Å². The molecule has 0 heterocycles. The summed E-state index contributed by atoms with van der Waals surface area (Å²) < 4.78 is 5.59. The Balaban J connectivity index is 2.01. The molecule has 0 fully saturated rings. The number of ketones is 2. The van der Waals surface area contributed by atoms with Crippen molar-refractivity contribution in [2.24, 2.45) is 0 Å². The Bertz CT molecular complexity index is 416. The van der Waals surface area contributed by atoms with Gasteiger partial charge in [-0.05, 0) is 57.3 Å². The van der Waals surface area contributed by atoms with Gasteiger partial charge in [-0.2, -0.15) is 0 Å². The fraction of sp³-hybridized carbons (Fsp3) is 0.647. The third kappa shape index (κ3) is 8.78. The summed E-state index contributed by atoms with van der Waals surface area (Å²) in [6.45, 7) is 6.56. The van der Waals surface area contributed by atoms with Gasteiger partial charge in [0.2, 0.25) is 0 Å². The molecular formula is C17H28O3Si. The Kier molecular flexibility index (Phi) is 7.82. The molecule has 0 spiro atoms. The van der Waals surface area contributed by atoms with Crippen molar-refractivity contribution < 1.29 is 14.0 Å². The van der Waals surface area contributed by atoms with E-state index < -0.39 is 8.32 Å². The Morgan fingerprint density at radius 2 is 2.05 bits per heavy atom. The summed E-state index contributed by atoms with van der Waals surface area (Å²) in [6, 6.07) is 0. The molecule has 0 aromatic heterocycles. The lowest BCUT2D eigenvalue weighted by atomic mass is 10.1. The van der Waals surface area contributed by atoms with Crippen LogP contribution in [0, 0.1) is 0 Å². The van der Waals surface area contributed by atoms with Crippen LogP contribution in [0.3, 0.4) is 0 Å². The number of hydrogen-bond donors (Lipinski definition) is 0. The molecule has 0 aromatic rings. The number of carbonyl (C=O) groups excluding carboxylic acids is 2. The van der Waals surface area contributed by atoms with Crippen LogP contribution < -0.4 is 0 Å². The van der Waals surface area contributed by atoms with Crippen LogP contribution in [0.15, 0.2) is 23.8 Å². The SMILES string of the molecule is C[Si](C)(C)OCC(=O)CCCC/C=C\CC1=CCCC1=O. The summed E-state index contributed by atoms with van der Waals surface area (Å²) in [5.74, 6) is 0.510. The molecule has 21 heavy (non-hydrogen) atoms. The highest BCUT2D eigenvalue weighted by Crippen LogP contribution is 2.17. The number of hydrogen-bond acceptors (Lipinski definition) is 3. The van der Waals surface area contributed by atoms with E-state index in [4.69, 9.17) is 4.43 Å². The number of Topliss-reactive ketones (excluding diaryl/α,β-unsaturated/α-hetero) is 2. The summed E-state index contributed by atoms with van der Waals surface area (Å²) in [6.07, 6.45) is 12.1. The number of unbranched alkanes of at least 4 members (excludes halogenated alkanes) is 2. The standard InChI is InChI=1S/C17H28O3Si/c1-21(2,3)20-14-16(18)12-8-6-4-5-7-10-15-11-9-13-17(15)19/h5,7,11H,4,6,8-10,12-14H2,1-3H3/b7-5-. The molecule has 0 aromatic carbocycles. The molecule has 0 saturated heterocycles. The molecule has 3 nitrogen and oxygen atoms in total. The van der Waals surface area contributed by atoms with Gasteiger partial charge >= 0.3 is 0 Å². The maximum atomic E-state index is 11.6. The van der Waals surface area contributed by atoms with Gasteiger partial charge in [-0.1, -0.05) is 18.2 Å². The van der Waals surface area contributed by atoms with Gasteiger partial charge in [-0.3, -0.25) is 9.59 Å². The molecule has 1 aliphatic carbocycles. The van der Waals surface area contributed by atoms with Gasteiger partial charge < -0.3 is 4.43 Å². The van der Waals surface area contributed by atoms with Gasteiger partial charge in [0, 0.05) is 12.8 Å². The van der Waals surface area contributed by atoms with Gasteiger partial charge in [0.05, 0.1) is 6.61 Å². The second-order valence-corrected chi connectivity index (χ2v) is 11.1. The summed E-state index contributed by atoms with van der Waals surface area (Å²) >= 11 is 0. The van der Waals surface area contributed by atoms with Crippen LogP contribution >= 0.6 is 0 Å². The van der Waals surface area contributed by atoms with E-state index in [9.17, 15) is 9.59 Å². The minimum Gasteiger partial charge on any atom is -0.410 e. The molecule has 0 bridgehead atoms. The minimum atomic E-state index is -1.57. The summed E-state index contributed by atoms with van der Waals surface area (Å²) in [7, 11) is -1.57. The van der Waals surface area contributed by atoms with Crippen molar-refractivity contribution in [2.75, 3.05) is 6.61 Å². The maximum absolute atomic E-state index is 11.6.